The van der Waals surface area contributed by atoms with Crippen molar-refractivity contribution in [3.05, 3.63) is 46.6 Å². The lowest BCUT2D eigenvalue weighted by Crippen LogP contribution is -2.43. The second-order valence-electron chi connectivity index (χ2n) is 8.12. The molecule has 4 rings (SSSR count). The van der Waals surface area contributed by atoms with E-state index in [0.717, 1.165) is 62.5 Å². The second kappa shape index (κ2) is 9.62. The summed E-state index contributed by atoms with van der Waals surface area (Å²) >= 11 is 1.49. The number of nitrogens with zero attached hydrogens (tertiary/aromatic N) is 2. The number of thiazole rings is 1. The van der Waals surface area contributed by atoms with E-state index in [4.69, 9.17) is 0 Å². The molecule has 1 aromatic carbocycles. The Morgan fingerprint density at radius 1 is 1.33 bits per heavy atom. The summed E-state index contributed by atoms with van der Waals surface area (Å²) in [5, 5.41) is 8.82. The van der Waals surface area contributed by atoms with E-state index in [2.05, 4.69) is 63.7 Å². The Morgan fingerprint density at radius 3 is 2.97 bits per heavy atom. The number of hydrogen-bond donors (Lipinski definition) is 3. The van der Waals surface area contributed by atoms with E-state index >= 15 is 0 Å². The summed E-state index contributed by atoms with van der Waals surface area (Å²) in [4.78, 5) is 23.8. The fourth-order valence-electron chi connectivity index (χ4n) is 4.04. The predicted molar refractivity (Wildman–Crippen MR) is 125 cm³/mol. The lowest BCUT2D eigenvalue weighted by molar-refractivity contribution is 0.0938. The molecule has 1 fully saturated rings. The number of benzene rings is 1. The SMILES string of the molecule is CCCCC(Cc1c[nH]c2cc(C)ccc12)NC(=O)c1cnc(N2CCNCC2)s1. The first-order chi connectivity index (χ1) is 14.6. The third-order valence-electron chi connectivity index (χ3n) is 5.74. The van der Waals surface area contributed by atoms with Crippen molar-refractivity contribution in [2.45, 2.75) is 45.6 Å². The minimum Gasteiger partial charge on any atom is -0.361 e. The first-order valence-electron chi connectivity index (χ1n) is 10.9. The first-order valence-corrected chi connectivity index (χ1v) is 11.7. The summed E-state index contributed by atoms with van der Waals surface area (Å²) in [7, 11) is 0. The van der Waals surface area contributed by atoms with Gasteiger partial charge in [0.25, 0.3) is 5.91 Å². The summed E-state index contributed by atoms with van der Waals surface area (Å²) in [5.74, 6) is -0.00864. The van der Waals surface area contributed by atoms with Crippen molar-refractivity contribution < 1.29 is 4.79 Å². The van der Waals surface area contributed by atoms with Crippen LogP contribution in [0.5, 0.6) is 0 Å². The zero-order valence-corrected chi connectivity index (χ0v) is 18.6. The molecule has 160 valence electrons. The monoisotopic (exact) mass is 425 g/mol. The standard InChI is InChI=1S/C23H31N5OS/c1-3-4-5-18(13-17-14-25-20-12-16(2)6-7-19(17)20)27-22(29)21-15-26-23(30-21)28-10-8-24-9-11-28/h6-7,12,14-15,18,24-25H,3-5,8-11,13H2,1-2H3,(H,27,29). The molecule has 1 aliphatic heterocycles. The molecule has 0 saturated carbocycles. The van der Waals surface area contributed by atoms with E-state index < -0.39 is 0 Å². The number of piperazine rings is 1. The number of aromatic amines is 1. The van der Waals surface area contributed by atoms with E-state index in [1.807, 2.05) is 0 Å². The van der Waals surface area contributed by atoms with Gasteiger partial charge in [0.1, 0.15) is 4.88 Å². The van der Waals surface area contributed by atoms with Gasteiger partial charge in [-0.2, -0.15) is 0 Å². The van der Waals surface area contributed by atoms with Crippen molar-refractivity contribution in [2.75, 3.05) is 31.1 Å². The van der Waals surface area contributed by atoms with Crippen LogP contribution in [-0.2, 0) is 6.42 Å². The zero-order valence-electron chi connectivity index (χ0n) is 17.8. The maximum Gasteiger partial charge on any atom is 0.263 e. The van der Waals surface area contributed by atoms with Crippen LogP contribution in [0.1, 0.15) is 47.0 Å². The molecule has 0 bridgehead atoms. The lowest BCUT2D eigenvalue weighted by atomic mass is 10.00. The number of carbonyl (C=O) groups excluding carboxylic acids is 1. The number of nitrogens with one attached hydrogen (secondary N) is 3. The zero-order chi connectivity index (χ0) is 20.9. The van der Waals surface area contributed by atoms with Gasteiger partial charge in [0, 0.05) is 49.3 Å². The van der Waals surface area contributed by atoms with Crippen molar-refractivity contribution in [3.63, 3.8) is 0 Å². The molecule has 1 saturated heterocycles. The number of aryl methyl sites for hydroxylation is 1. The Balaban J connectivity index is 1.45. The molecule has 6 nitrogen and oxygen atoms in total. The van der Waals surface area contributed by atoms with Gasteiger partial charge in [-0.15, -0.1) is 0 Å². The van der Waals surface area contributed by atoms with Crippen LogP contribution in [0.25, 0.3) is 10.9 Å². The molecular weight excluding hydrogens is 394 g/mol. The minimum absolute atomic E-state index is 0.00864. The quantitative estimate of drug-likeness (QED) is 0.512. The van der Waals surface area contributed by atoms with Crippen molar-refractivity contribution in [3.8, 4) is 0 Å². The number of rotatable bonds is 8. The van der Waals surface area contributed by atoms with E-state index in [1.54, 1.807) is 6.20 Å². The van der Waals surface area contributed by atoms with E-state index in [0.29, 0.717) is 4.88 Å². The Bertz CT molecular complexity index is 989. The normalized spacial score (nSPS) is 15.5. The molecule has 1 aliphatic rings. The molecule has 3 heterocycles. The van der Waals surface area contributed by atoms with E-state index in [-0.39, 0.29) is 11.9 Å². The number of anilines is 1. The molecule has 30 heavy (non-hydrogen) atoms. The molecular formula is C23H31N5OS. The van der Waals surface area contributed by atoms with Crippen LogP contribution >= 0.6 is 11.3 Å². The van der Waals surface area contributed by atoms with Crippen LogP contribution in [0.15, 0.2) is 30.6 Å². The summed E-state index contributed by atoms with van der Waals surface area (Å²) in [6.07, 6.45) is 7.84. The van der Waals surface area contributed by atoms with Crippen LogP contribution in [0.2, 0.25) is 0 Å². The maximum atomic E-state index is 13.0. The highest BCUT2D eigenvalue weighted by Gasteiger charge is 2.20. The van der Waals surface area contributed by atoms with Crippen molar-refractivity contribution >= 4 is 33.3 Å². The minimum atomic E-state index is -0.00864. The molecule has 1 atom stereocenters. The molecule has 7 heteroatoms. The third kappa shape index (κ3) is 4.84. The lowest BCUT2D eigenvalue weighted by Gasteiger charge is -2.26. The smallest absolute Gasteiger partial charge is 0.263 e. The Kier molecular flexibility index (Phi) is 6.69. The van der Waals surface area contributed by atoms with Crippen molar-refractivity contribution in [1.29, 1.82) is 0 Å². The molecule has 0 spiro atoms. The predicted octanol–water partition coefficient (Wildman–Crippen LogP) is 3.87. The number of hydrogen-bond acceptors (Lipinski definition) is 5. The van der Waals surface area contributed by atoms with Crippen molar-refractivity contribution in [2.24, 2.45) is 0 Å². The van der Waals surface area contributed by atoms with Crippen LogP contribution in [0.3, 0.4) is 0 Å². The van der Waals surface area contributed by atoms with Gasteiger partial charge in [0.05, 0.1) is 6.20 Å². The fraction of sp³-hybridized carbons (Fsp3) is 0.478. The molecule has 1 unspecified atom stereocenters. The molecule has 3 aromatic rings. The number of carbonyl (C=O) groups is 1. The van der Waals surface area contributed by atoms with Crippen LogP contribution in [-0.4, -0.2) is 48.1 Å². The molecule has 1 amide bonds. The van der Waals surface area contributed by atoms with Gasteiger partial charge in [-0.3, -0.25) is 4.79 Å². The topological polar surface area (TPSA) is 73.0 Å². The summed E-state index contributed by atoms with van der Waals surface area (Å²) in [6, 6.07) is 6.61. The van der Waals surface area contributed by atoms with Gasteiger partial charge in [-0.1, -0.05) is 43.2 Å². The van der Waals surface area contributed by atoms with Gasteiger partial charge >= 0.3 is 0 Å². The summed E-state index contributed by atoms with van der Waals surface area (Å²) in [5.41, 5.74) is 3.67. The average Bonchev–Trinajstić information content (AvgIpc) is 3.40. The molecule has 3 N–H and O–H groups in total. The van der Waals surface area contributed by atoms with Gasteiger partial charge in [0.2, 0.25) is 0 Å². The summed E-state index contributed by atoms with van der Waals surface area (Å²) in [6.45, 7) is 8.10. The average molecular weight is 426 g/mol. The van der Waals surface area contributed by atoms with Crippen LogP contribution in [0.4, 0.5) is 5.13 Å². The summed E-state index contributed by atoms with van der Waals surface area (Å²) < 4.78 is 0. The van der Waals surface area contributed by atoms with Crippen molar-refractivity contribution in [1.82, 2.24) is 20.6 Å². The molecule has 2 aromatic heterocycles. The van der Waals surface area contributed by atoms with Gasteiger partial charge in [0.15, 0.2) is 5.13 Å². The number of amides is 1. The van der Waals surface area contributed by atoms with Crippen LogP contribution in [0, 0.1) is 6.92 Å². The highest BCUT2D eigenvalue weighted by atomic mass is 32.1. The number of fused-ring (bicyclic) bond motifs is 1. The first kappa shape index (κ1) is 20.9. The number of aromatic nitrogens is 2. The molecule has 0 radical (unpaired) electrons. The van der Waals surface area contributed by atoms with Gasteiger partial charge in [-0.25, -0.2) is 4.98 Å². The molecule has 0 aliphatic carbocycles. The van der Waals surface area contributed by atoms with E-state index in [1.165, 1.54) is 27.8 Å². The Hall–Kier alpha value is -2.38. The van der Waals surface area contributed by atoms with E-state index in [9.17, 15) is 4.79 Å². The Morgan fingerprint density at radius 2 is 2.17 bits per heavy atom. The van der Waals surface area contributed by atoms with Gasteiger partial charge < -0.3 is 20.5 Å². The number of unbranched alkanes of at least 4 members (excludes halogenated alkanes) is 1. The highest BCUT2D eigenvalue weighted by molar-refractivity contribution is 7.17. The second-order valence-corrected chi connectivity index (χ2v) is 9.13. The third-order valence-corrected chi connectivity index (χ3v) is 6.79. The maximum absolute atomic E-state index is 13.0. The highest BCUT2D eigenvalue weighted by Crippen LogP contribution is 2.24. The number of H-pyrrole nitrogens is 1. The Labute approximate surface area is 182 Å². The largest absolute Gasteiger partial charge is 0.361 e. The van der Waals surface area contributed by atoms with Crippen LogP contribution < -0.4 is 15.5 Å². The fourth-order valence-corrected chi connectivity index (χ4v) is 4.91. The van der Waals surface area contributed by atoms with Gasteiger partial charge in [-0.05, 0) is 37.0 Å².